The Kier molecular flexibility index (Phi) is 5.03. The van der Waals surface area contributed by atoms with Crippen LogP contribution < -0.4 is 10.6 Å². The summed E-state index contributed by atoms with van der Waals surface area (Å²) < 4.78 is 0. The summed E-state index contributed by atoms with van der Waals surface area (Å²) in [5.74, 6) is -0.0275. The summed E-state index contributed by atoms with van der Waals surface area (Å²) in [7, 11) is 0. The number of carbonyl (C=O) groups is 2. The van der Waals surface area contributed by atoms with Crippen LogP contribution in [0.4, 0.5) is 17.3 Å². The van der Waals surface area contributed by atoms with E-state index in [-0.39, 0.29) is 17.4 Å². The first-order valence-electron chi connectivity index (χ1n) is 8.11. The largest absolute Gasteiger partial charge is 0.324 e. The number of hydrogen-bond donors (Lipinski definition) is 2. The number of nitrogens with zero attached hydrogens (tertiary/aromatic N) is 2. The number of amides is 1. The third-order valence-corrected chi connectivity index (χ3v) is 3.83. The van der Waals surface area contributed by atoms with Gasteiger partial charge in [0.15, 0.2) is 5.78 Å². The molecule has 0 saturated carbocycles. The molecule has 1 aromatic heterocycles. The van der Waals surface area contributed by atoms with Crippen molar-refractivity contribution < 1.29 is 9.59 Å². The molecular weight excluding hydrogens is 328 g/mol. The van der Waals surface area contributed by atoms with E-state index in [9.17, 15) is 9.59 Å². The Morgan fingerprint density at radius 1 is 0.962 bits per heavy atom. The van der Waals surface area contributed by atoms with Crippen LogP contribution in [0.25, 0.3) is 0 Å². The molecule has 1 heterocycles. The number of Topliss-reactive ketones (excluding diaryl/α,β-unsaturated/α-hetero) is 1. The molecule has 3 rings (SSSR count). The Morgan fingerprint density at radius 3 is 2.38 bits per heavy atom. The molecular formula is C20H18N4O2. The Morgan fingerprint density at radius 2 is 1.69 bits per heavy atom. The Balaban J connectivity index is 1.74. The smallest absolute Gasteiger partial charge is 0.274 e. The molecule has 1 amide bonds. The molecule has 26 heavy (non-hydrogen) atoms. The van der Waals surface area contributed by atoms with Crippen LogP contribution >= 0.6 is 0 Å². The van der Waals surface area contributed by atoms with Gasteiger partial charge in [-0.3, -0.25) is 9.59 Å². The number of rotatable bonds is 5. The molecule has 0 aliphatic carbocycles. The van der Waals surface area contributed by atoms with E-state index in [1.165, 1.54) is 13.1 Å². The molecule has 6 heteroatoms. The summed E-state index contributed by atoms with van der Waals surface area (Å²) >= 11 is 0. The van der Waals surface area contributed by atoms with Crippen LogP contribution in [0.3, 0.4) is 0 Å². The van der Waals surface area contributed by atoms with Crippen LogP contribution in [-0.2, 0) is 0 Å². The van der Waals surface area contributed by atoms with Crippen molar-refractivity contribution in [3.63, 3.8) is 0 Å². The van der Waals surface area contributed by atoms with Gasteiger partial charge in [0.2, 0.25) is 5.95 Å². The number of hydrogen-bond acceptors (Lipinski definition) is 5. The van der Waals surface area contributed by atoms with Crippen molar-refractivity contribution in [1.29, 1.82) is 0 Å². The summed E-state index contributed by atoms with van der Waals surface area (Å²) in [6.07, 6.45) is 1.53. The average molecular weight is 346 g/mol. The lowest BCUT2D eigenvalue weighted by Gasteiger charge is -2.09. The minimum Gasteiger partial charge on any atom is -0.324 e. The number of aromatic nitrogens is 2. The molecule has 0 saturated heterocycles. The molecule has 0 aliphatic rings. The fraction of sp³-hybridized carbons (Fsp3) is 0.100. The number of nitrogens with one attached hydrogen (secondary N) is 2. The first kappa shape index (κ1) is 17.3. The third kappa shape index (κ3) is 4.10. The Labute approximate surface area is 151 Å². The van der Waals surface area contributed by atoms with Crippen LogP contribution in [0, 0.1) is 6.92 Å². The fourth-order valence-corrected chi connectivity index (χ4v) is 2.36. The zero-order chi connectivity index (χ0) is 18.5. The molecule has 0 bridgehead atoms. The maximum absolute atomic E-state index is 12.4. The molecule has 0 radical (unpaired) electrons. The van der Waals surface area contributed by atoms with Crippen LogP contribution in [0.5, 0.6) is 0 Å². The van der Waals surface area contributed by atoms with Gasteiger partial charge < -0.3 is 10.6 Å². The van der Waals surface area contributed by atoms with Crippen LogP contribution in [0.15, 0.2) is 60.8 Å². The zero-order valence-electron chi connectivity index (χ0n) is 14.5. The number of ketones is 1. The second kappa shape index (κ2) is 7.57. The van der Waals surface area contributed by atoms with Crippen molar-refractivity contribution in [2.75, 3.05) is 10.6 Å². The van der Waals surface area contributed by atoms with E-state index in [1.54, 1.807) is 30.3 Å². The van der Waals surface area contributed by atoms with Gasteiger partial charge in [-0.2, -0.15) is 0 Å². The second-order valence-electron chi connectivity index (χ2n) is 5.79. The maximum Gasteiger partial charge on any atom is 0.274 e. The topological polar surface area (TPSA) is 84.0 Å². The van der Waals surface area contributed by atoms with Gasteiger partial charge in [0.25, 0.3) is 5.91 Å². The predicted octanol–water partition coefficient (Wildman–Crippen LogP) is 3.98. The summed E-state index contributed by atoms with van der Waals surface area (Å²) in [6, 6.07) is 16.0. The summed E-state index contributed by atoms with van der Waals surface area (Å²) in [4.78, 5) is 32.1. The quantitative estimate of drug-likeness (QED) is 0.683. The number of benzene rings is 2. The van der Waals surface area contributed by atoms with Gasteiger partial charge in [-0.25, -0.2) is 9.97 Å². The van der Waals surface area contributed by atoms with E-state index in [0.717, 1.165) is 11.3 Å². The fourth-order valence-electron chi connectivity index (χ4n) is 2.36. The molecule has 2 aromatic carbocycles. The average Bonchev–Trinajstić information content (AvgIpc) is 2.64. The van der Waals surface area contributed by atoms with Gasteiger partial charge in [-0.05, 0) is 55.8 Å². The van der Waals surface area contributed by atoms with Crippen LogP contribution in [0.2, 0.25) is 0 Å². The van der Waals surface area contributed by atoms with Gasteiger partial charge in [-0.1, -0.05) is 18.2 Å². The van der Waals surface area contributed by atoms with Gasteiger partial charge in [0.05, 0.1) is 0 Å². The zero-order valence-corrected chi connectivity index (χ0v) is 14.5. The normalized spacial score (nSPS) is 10.2. The van der Waals surface area contributed by atoms with Crippen molar-refractivity contribution in [2.24, 2.45) is 0 Å². The summed E-state index contributed by atoms with van der Waals surface area (Å²) in [5, 5.41) is 5.87. The van der Waals surface area contributed by atoms with Gasteiger partial charge in [0.1, 0.15) is 5.69 Å². The minimum absolute atomic E-state index is 0.0226. The predicted molar refractivity (Wildman–Crippen MR) is 101 cm³/mol. The van der Waals surface area contributed by atoms with Crippen molar-refractivity contribution in [1.82, 2.24) is 9.97 Å². The lowest BCUT2D eigenvalue weighted by molar-refractivity contribution is 0.101. The highest BCUT2D eigenvalue weighted by atomic mass is 16.2. The molecule has 2 N–H and O–H groups in total. The highest BCUT2D eigenvalue weighted by molar-refractivity contribution is 6.03. The first-order valence-corrected chi connectivity index (χ1v) is 8.11. The van der Waals surface area contributed by atoms with E-state index in [0.29, 0.717) is 17.2 Å². The van der Waals surface area contributed by atoms with Crippen molar-refractivity contribution in [3.8, 4) is 0 Å². The van der Waals surface area contributed by atoms with E-state index in [2.05, 4.69) is 20.6 Å². The molecule has 0 atom stereocenters. The van der Waals surface area contributed by atoms with Crippen LogP contribution in [0.1, 0.15) is 33.3 Å². The van der Waals surface area contributed by atoms with E-state index < -0.39 is 0 Å². The van der Waals surface area contributed by atoms with Crippen molar-refractivity contribution in [2.45, 2.75) is 13.8 Å². The van der Waals surface area contributed by atoms with E-state index in [1.807, 2.05) is 31.2 Å². The highest BCUT2D eigenvalue weighted by Gasteiger charge is 2.10. The SMILES string of the molecule is CC(=O)c1ccc(NC(=O)c2ccnc(Nc3ccccc3C)n2)cc1. The number of para-hydroxylation sites is 1. The van der Waals surface area contributed by atoms with Gasteiger partial charge in [0, 0.05) is 23.1 Å². The number of aryl methyl sites for hydroxylation is 1. The third-order valence-electron chi connectivity index (χ3n) is 3.83. The molecule has 6 nitrogen and oxygen atoms in total. The van der Waals surface area contributed by atoms with Crippen molar-refractivity contribution in [3.05, 3.63) is 77.6 Å². The molecule has 0 fully saturated rings. The number of carbonyl (C=O) groups excluding carboxylic acids is 2. The second-order valence-corrected chi connectivity index (χ2v) is 5.79. The Bertz CT molecular complexity index is 952. The number of anilines is 3. The molecule has 130 valence electrons. The van der Waals surface area contributed by atoms with Crippen molar-refractivity contribution >= 4 is 29.0 Å². The lowest BCUT2D eigenvalue weighted by atomic mass is 10.1. The first-order chi connectivity index (χ1) is 12.5. The van der Waals surface area contributed by atoms with E-state index in [4.69, 9.17) is 0 Å². The Hall–Kier alpha value is -3.54. The maximum atomic E-state index is 12.4. The summed E-state index contributed by atoms with van der Waals surface area (Å²) in [5.41, 5.74) is 3.36. The molecule has 0 spiro atoms. The lowest BCUT2D eigenvalue weighted by Crippen LogP contribution is -2.15. The summed E-state index contributed by atoms with van der Waals surface area (Å²) in [6.45, 7) is 3.47. The molecule has 0 aliphatic heterocycles. The van der Waals surface area contributed by atoms with Gasteiger partial charge in [-0.15, -0.1) is 0 Å². The molecule has 0 unspecified atom stereocenters. The van der Waals surface area contributed by atoms with E-state index >= 15 is 0 Å². The monoisotopic (exact) mass is 346 g/mol. The molecule has 3 aromatic rings. The van der Waals surface area contributed by atoms with Gasteiger partial charge >= 0.3 is 0 Å². The standard InChI is InChI=1S/C20H18N4O2/c1-13-5-3-4-6-17(13)23-20-21-12-11-18(24-20)19(26)22-16-9-7-15(8-10-16)14(2)25/h3-12H,1-2H3,(H,22,26)(H,21,23,24). The van der Waals surface area contributed by atoms with Crippen LogP contribution in [-0.4, -0.2) is 21.7 Å². The minimum atomic E-state index is -0.351. The highest BCUT2D eigenvalue weighted by Crippen LogP contribution is 2.17.